The van der Waals surface area contributed by atoms with Crippen LogP contribution >= 0.6 is 0 Å². The molecule has 4 nitrogen and oxygen atoms in total. The quantitative estimate of drug-likeness (QED) is 0.671. The van der Waals surface area contributed by atoms with Gasteiger partial charge in [0.1, 0.15) is 5.75 Å². The molecule has 118 valence electrons. The number of nitrogens with zero attached hydrogens (tertiary/aromatic N) is 1. The van der Waals surface area contributed by atoms with E-state index >= 15 is 0 Å². The summed E-state index contributed by atoms with van der Waals surface area (Å²) in [4.78, 5) is 12.3. The van der Waals surface area contributed by atoms with Crippen LogP contribution in [0.1, 0.15) is 36.0 Å². The number of hydrogen-bond donors (Lipinski definition) is 2. The minimum Gasteiger partial charge on any atom is -0.507 e. The molecule has 2 aliphatic rings. The van der Waals surface area contributed by atoms with E-state index in [1.165, 1.54) is 25.7 Å². The fourth-order valence-corrected chi connectivity index (χ4v) is 4.14. The number of amides is 1. The van der Waals surface area contributed by atoms with Gasteiger partial charge in [-0.3, -0.25) is 4.79 Å². The van der Waals surface area contributed by atoms with Crippen molar-refractivity contribution < 1.29 is 9.90 Å². The SMILES string of the molecule is O=C(N/N=C\[C@H]1C[C@@H]2CC[C@@H]1C2)c1cc2ccccc2cc1O. The van der Waals surface area contributed by atoms with Crippen molar-refractivity contribution >= 4 is 22.9 Å². The highest BCUT2D eigenvalue weighted by Crippen LogP contribution is 2.47. The first kappa shape index (κ1) is 14.2. The summed E-state index contributed by atoms with van der Waals surface area (Å²) in [5, 5.41) is 16.0. The fourth-order valence-electron chi connectivity index (χ4n) is 4.14. The molecule has 4 heteroatoms. The monoisotopic (exact) mass is 308 g/mol. The van der Waals surface area contributed by atoms with Crippen molar-refractivity contribution in [2.45, 2.75) is 25.7 Å². The molecule has 0 spiro atoms. The number of carbonyl (C=O) groups excluding carboxylic acids is 1. The summed E-state index contributed by atoms with van der Waals surface area (Å²) >= 11 is 0. The number of nitrogens with one attached hydrogen (secondary N) is 1. The first-order valence-electron chi connectivity index (χ1n) is 8.26. The molecule has 2 bridgehead atoms. The Morgan fingerprint density at radius 1 is 1.17 bits per heavy atom. The molecule has 0 aromatic heterocycles. The normalized spacial score (nSPS) is 26.2. The van der Waals surface area contributed by atoms with Gasteiger partial charge in [-0.05, 0) is 59.9 Å². The molecule has 1 amide bonds. The highest BCUT2D eigenvalue weighted by Gasteiger charge is 2.38. The average Bonchev–Trinajstić information content (AvgIpc) is 3.17. The van der Waals surface area contributed by atoms with Crippen LogP contribution in [0.3, 0.4) is 0 Å². The van der Waals surface area contributed by atoms with Crippen LogP contribution in [0.4, 0.5) is 0 Å². The van der Waals surface area contributed by atoms with E-state index in [4.69, 9.17) is 0 Å². The summed E-state index contributed by atoms with van der Waals surface area (Å²) in [5.74, 6) is 1.72. The van der Waals surface area contributed by atoms with Crippen molar-refractivity contribution in [3.8, 4) is 5.75 Å². The molecule has 2 aliphatic carbocycles. The minimum atomic E-state index is -0.368. The lowest BCUT2D eigenvalue weighted by Crippen LogP contribution is -2.20. The maximum Gasteiger partial charge on any atom is 0.275 e. The third-order valence-electron chi connectivity index (χ3n) is 5.33. The molecule has 23 heavy (non-hydrogen) atoms. The summed E-state index contributed by atoms with van der Waals surface area (Å²) in [6.45, 7) is 0. The van der Waals surface area contributed by atoms with E-state index < -0.39 is 0 Å². The number of hydrogen-bond acceptors (Lipinski definition) is 3. The number of carbonyl (C=O) groups is 1. The zero-order valence-electron chi connectivity index (χ0n) is 12.9. The average molecular weight is 308 g/mol. The molecule has 0 radical (unpaired) electrons. The van der Waals surface area contributed by atoms with Gasteiger partial charge in [-0.2, -0.15) is 5.10 Å². The third-order valence-corrected chi connectivity index (χ3v) is 5.33. The number of phenolic OH excluding ortho intramolecular Hbond substituents is 1. The molecule has 2 N–H and O–H groups in total. The van der Waals surface area contributed by atoms with Crippen molar-refractivity contribution in [3.63, 3.8) is 0 Å². The number of aromatic hydroxyl groups is 1. The van der Waals surface area contributed by atoms with Gasteiger partial charge in [-0.1, -0.05) is 30.7 Å². The van der Waals surface area contributed by atoms with E-state index in [-0.39, 0.29) is 17.2 Å². The number of hydrazone groups is 1. The van der Waals surface area contributed by atoms with Gasteiger partial charge < -0.3 is 5.11 Å². The predicted molar refractivity (Wildman–Crippen MR) is 90.5 cm³/mol. The van der Waals surface area contributed by atoms with E-state index in [2.05, 4.69) is 10.5 Å². The van der Waals surface area contributed by atoms with E-state index in [0.717, 1.165) is 22.6 Å². The molecular formula is C19H20N2O2. The van der Waals surface area contributed by atoms with Crippen LogP contribution < -0.4 is 5.43 Å². The molecular weight excluding hydrogens is 288 g/mol. The van der Waals surface area contributed by atoms with Crippen LogP contribution in [0.5, 0.6) is 5.75 Å². The Kier molecular flexibility index (Phi) is 3.52. The number of benzene rings is 2. The second-order valence-electron chi connectivity index (χ2n) is 6.77. The summed E-state index contributed by atoms with van der Waals surface area (Å²) in [7, 11) is 0. The fraction of sp³-hybridized carbons (Fsp3) is 0.368. The van der Waals surface area contributed by atoms with Gasteiger partial charge in [-0.15, -0.1) is 0 Å². The Morgan fingerprint density at radius 3 is 2.65 bits per heavy atom. The van der Waals surface area contributed by atoms with Crippen LogP contribution in [-0.4, -0.2) is 17.2 Å². The van der Waals surface area contributed by atoms with E-state index in [1.807, 2.05) is 30.5 Å². The van der Waals surface area contributed by atoms with Crippen LogP contribution in [0.2, 0.25) is 0 Å². The molecule has 2 fully saturated rings. The predicted octanol–water partition coefficient (Wildman–Crippen LogP) is 3.70. The van der Waals surface area contributed by atoms with Gasteiger partial charge in [0.2, 0.25) is 0 Å². The first-order valence-corrected chi connectivity index (χ1v) is 8.26. The molecule has 0 saturated heterocycles. The second kappa shape index (κ2) is 5.69. The molecule has 2 aromatic rings. The lowest BCUT2D eigenvalue weighted by Gasteiger charge is -2.16. The molecule has 2 saturated carbocycles. The molecule has 0 aliphatic heterocycles. The molecule has 0 unspecified atom stereocenters. The Bertz CT molecular complexity index is 784. The maximum atomic E-state index is 12.3. The lowest BCUT2D eigenvalue weighted by atomic mass is 9.90. The van der Waals surface area contributed by atoms with Crippen molar-refractivity contribution in [3.05, 3.63) is 42.0 Å². The van der Waals surface area contributed by atoms with Crippen molar-refractivity contribution in [2.75, 3.05) is 0 Å². The minimum absolute atomic E-state index is 0.0173. The smallest absolute Gasteiger partial charge is 0.275 e. The van der Waals surface area contributed by atoms with Gasteiger partial charge in [0.15, 0.2) is 0 Å². The van der Waals surface area contributed by atoms with E-state index in [0.29, 0.717) is 5.92 Å². The Labute approximate surface area is 135 Å². The van der Waals surface area contributed by atoms with Crippen LogP contribution in [0.25, 0.3) is 10.8 Å². The highest BCUT2D eigenvalue weighted by atomic mass is 16.3. The standard InChI is InChI=1S/C19H20N2O2/c22-18-10-14-4-2-1-3-13(14)9-17(18)19(23)21-20-11-16-8-12-5-6-15(16)7-12/h1-4,9-12,15-16,22H,5-8H2,(H,21,23)/b20-11-/t12-,15-,16-/m1/s1. The molecule has 4 rings (SSSR count). The molecule has 2 aromatic carbocycles. The van der Waals surface area contributed by atoms with Gasteiger partial charge in [0, 0.05) is 6.21 Å². The number of phenols is 1. The van der Waals surface area contributed by atoms with Crippen LogP contribution in [-0.2, 0) is 0 Å². The highest BCUT2D eigenvalue weighted by molar-refractivity contribution is 6.01. The summed E-state index contributed by atoms with van der Waals surface area (Å²) in [5.41, 5.74) is 2.82. The Morgan fingerprint density at radius 2 is 1.96 bits per heavy atom. The number of rotatable bonds is 3. The third kappa shape index (κ3) is 2.69. The zero-order valence-corrected chi connectivity index (χ0v) is 12.9. The van der Waals surface area contributed by atoms with Gasteiger partial charge >= 0.3 is 0 Å². The summed E-state index contributed by atoms with van der Waals surface area (Å²) < 4.78 is 0. The van der Waals surface area contributed by atoms with E-state index in [9.17, 15) is 9.90 Å². The molecule has 3 atom stereocenters. The topological polar surface area (TPSA) is 61.7 Å². The van der Waals surface area contributed by atoms with Crippen molar-refractivity contribution in [2.24, 2.45) is 22.9 Å². The van der Waals surface area contributed by atoms with Crippen molar-refractivity contribution in [1.29, 1.82) is 0 Å². The van der Waals surface area contributed by atoms with Crippen LogP contribution in [0, 0.1) is 17.8 Å². The van der Waals surface area contributed by atoms with Gasteiger partial charge in [-0.25, -0.2) is 5.43 Å². The lowest BCUT2D eigenvalue weighted by molar-refractivity contribution is 0.0952. The zero-order chi connectivity index (χ0) is 15.8. The number of fused-ring (bicyclic) bond motifs is 3. The summed E-state index contributed by atoms with van der Waals surface area (Å²) in [6, 6.07) is 11.0. The summed E-state index contributed by atoms with van der Waals surface area (Å²) in [6.07, 6.45) is 7.05. The van der Waals surface area contributed by atoms with Crippen LogP contribution in [0.15, 0.2) is 41.5 Å². The Hall–Kier alpha value is -2.36. The first-order chi connectivity index (χ1) is 11.2. The van der Waals surface area contributed by atoms with E-state index in [1.54, 1.807) is 12.1 Å². The van der Waals surface area contributed by atoms with Crippen molar-refractivity contribution in [1.82, 2.24) is 5.43 Å². The maximum absolute atomic E-state index is 12.3. The van der Waals surface area contributed by atoms with Gasteiger partial charge in [0.05, 0.1) is 5.56 Å². The largest absolute Gasteiger partial charge is 0.507 e. The van der Waals surface area contributed by atoms with Gasteiger partial charge in [0.25, 0.3) is 5.91 Å². The molecule has 0 heterocycles. The Balaban J connectivity index is 1.47. The second-order valence-corrected chi connectivity index (χ2v) is 6.77.